The lowest BCUT2D eigenvalue weighted by Crippen LogP contribution is -2.30. The van der Waals surface area contributed by atoms with Gasteiger partial charge in [-0.05, 0) is 103 Å². The van der Waals surface area contributed by atoms with Gasteiger partial charge >= 0.3 is 12.3 Å². The third-order valence-electron chi connectivity index (χ3n) is 8.67. The van der Waals surface area contributed by atoms with Crippen LogP contribution in [0.15, 0.2) is 78.9 Å². The predicted molar refractivity (Wildman–Crippen MR) is 162 cm³/mol. The zero-order chi connectivity index (χ0) is 33.1. The summed E-state index contributed by atoms with van der Waals surface area (Å²) in [7, 11) is 0. The summed E-state index contributed by atoms with van der Waals surface area (Å²) in [5.41, 5.74) is 0.707. The van der Waals surface area contributed by atoms with Gasteiger partial charge in [-0.15, -0.1) is 0 Å². The summed E-state index contributed by atoms with van der Waals surface area (Å²) in [6.45, 7) is 2.06. The van der Waals surface area contributed by atoms with Gasteiger partial charge in [0.1, 0.15) is 17.5 Å². The van der Waals surface area contributed by atoms with Crippen LogP contribution in [-0.4, -0.2) is 6.10 Å². The Morgan fingerprint density at radius 2 is 1.24 bits per heavy atom. The maximum absolute atomic E-state index is 15.0. The first kappa shape index (κ1) is 33.6. The maximum Gasteiger partial charge on any atom is 0.419 e. The van der Waals surface area contributed by atoms with Gasteiger partial charge in [0.15, 0.2) is 0 Å². The normalized spacial score (nSPS) is 17.3. The van der Waals surface area contributed by atoms with Crippen molar-refractivity contribution >= 4 is 0 Å². The first-order valence-electron chi connectivity index (χ1n) is 15.5. The summed E-state index contributed by atoms with van der Waals surface area (Å²) in [4.78, 5) is 0. The van der Waals surface area contributed by atoms with Gasteiger partial charge in [0, 0.05) is 5.56 Å². The molecule has 0 radical (unpaired) electrons. The highest BCUT2D eigenvalue weighted by atomic mass is 19.4. The molecule has 46 heavy (non-hydrogen) atoms. The molecule has 0 heterocycles. The van der Waals surface area contributed by atoms with Crippen molar-refractivity contribution in [1.82, 2.24) is 0 Å². The van der Waals surface area contributed by atoms with E-state index in [0.717, 1.165) is 37.0 Å². The third-order valence-corrected chi connectivity index (χ3v) is 8.67. The summed E-state index contributed by atoms with van der Waals surface area (Å²) in [6.07, 6.45) is -3.81. The summed E-state index contributed by atoms with van der Waals surface area (Å²) < 4.78 is 117. The second kappa shape index (κ2) is 14.0. The number of benzene rings is 4. The van der Waals surface area contributed by atoms with Crippen LogP contribution in [0.25, 0.3) is 22.3 Å². The molecular weight excluding hydrogens is 612 g/mol. The molecule has 1 aliphatic rings. The van der Waals surface area contributed by atoms with Gasteiger partial charge in [-0.25, -0.2) is 13.2 Å². The lowest BCUT2D eigenvalue weighted by molar-refractivity contribution is -0.278. The van der Waals surface area contributed by atoms with Crippen LogP contribution in [0.1, 0.15) is 80.0 Å². The van der Waals surface area contributed by atoms with Gasteiger partial charge < -0.3 is 4.74 Å². The SMILES string of the molecule is CCCCCc1ccc(C(F)(F)OC2CCC(c3ccc(-c4ccc(-c5ccc(C(F)(F)F)c(F)c5)c(F)c4)cc3)CC2)c(F)c1. The Bertz CT molecular complexity index is 1640. The highest BCUT2D eigenvalue weighted by Gasteiger charge is 2.40. The fourth-order valence-corrected chi connectivity index (χ4v) is 6.11. The van der Waals surface area contributed by atoms with Gasteiger partial charge in [-0.2, -0.15) is 22.0 Å². The molecule has 0 unspecified atom stereocenters. The smallest absolute Gasteiger partial charge is 0.313 e. The molecule has 0 amide bonds. The zero-order valence-corrected chi connectivity index (χ0v) is 25.2. The van der Waals surface area contributed by atoms with Crippen molar-refractivity contribution in [1.29, 1.82) is 0 Å². The largest absolute Gasteiger partial charge is 0.419 e. The number of alkyl halides is 5. The minimum atomic E-state index is -4.85. The van der Waals surface area contributed by atoms with Crippen molar-refractivity contribution in [2.45, 2.75) is 82.6 Å². The zero-order valence-electron chi connectivity index (χ0n) is 25.2. The van der Waals surface area contributed by atoms with Crippen molar-refractivity contribution < 1.29 is 39.9 Å². The lowest BCUT2D eigenvalue weighted by Gasteiger charge is -2.31. The van der Waals surface area contributed by atoms with Crippen LogP contribution in [0, 0.1) is 17.5 Å². The van der Waals surface area contributed by atoms with Crippen LogP contribution < -0.4 is 0 Å². The molecule has 1 fully saturated rings. The van der Waals surface area contributed by atoms with E-state index in [1.54, 1.807) is 6.07 Å². The molecule has 5 rings (SSSR count). The van der Waals surface area contributed by atoms with E-state index < -0.39 is 47.0 Å². The summed E-state index contributed by atoms with van der Waals surface area (Å²) in [6, 6.07) is 17.8. The summed E-state index contributed by atoms with van der Waals surface area (Å²) >= 11 is 0. The molecule has 0 spiro atoms. The Kier molecular flexibility index (Phi) is 10.2. The Morgan fingerprint density at radius 1 is 0.630 bits per heavy atom. The number of unbranched alkanes of at least 4 members (excludes halogenated alkanes) is 2. The standard InChI is InChI=1S/C37H34F8O/c1-2-3-4-5-23-6-18-32(34(39)20-23)37(44,45)46-29-15-11-25(12-16-29)24-7-9-26(10-8-24)27-13-17-30(33(38)21-27)28-14-19-31(35(40)22-28)36(41,42)43/h6-10,13-14,17-22,25,29H,2-5,11-12,15-16H2,1H3. The van der Waals surface area contributed by atoms with Crippen molar-refractivity contribution in [3.63, 3.8) is 0 Å². The quantitative estimate of drug-likeness (QED) is 0.123. The van der Waals surface area contributed by atoms with Crippen molar-refractivity contribution in [3.05, 3.63) is 119 Å². The fourth-order valence-electron chi connectivity index (χ4n) is 6.11. The van der Waals surface area contributed by atoms with E-state index in [9.17, 15) is 35.1 Å². The minimum Gasteiger partial charge on any atom is -0.313 e. The van der Waals surface area contributed by atoms with Gasteiger partial charge in [-0.1, -0.05) is 68.3 Å². The average molecular weight is 647 g/mol. The van der Waals surface area contributed by atoms with Crippen LogP contribution in [0.2, 0.25) is 0 Å². The topological polar surface area (TPSA) is 9.23 Å². The second-order valence-corrected chi connectivity index (χ2v) is 11.9. The minimum absolute atomic E-state index is 0.0110. The van der Waals surface area contributed by atoms with Crippen LogP contribution >= 0.6 is 0 Å². The molecular formula is C37H34F8O. The first-order valence-corrected chi connectivity index (χ1v) is 15.5. The molecule has 1 saturated carbocycles. The number of hydrogen-bond donors (Lipinski definition) is 0. The van der Waals surface area contributed by atoms with E-state index in [1.165, 1.54) is 24.3 Å². The van der Waals surface area contributed by atoms with E-state index in [-0.39, 0.29) is 17.0 Å². The molecule has 1 nitrogen and oxygen atoms in total. The molecule has 4 aromatic carbocycles. The number of hydrogen-bond acceptors (Lipinski definition) is 1. The van der Waals surface area contributed by atoms with E-state index in [2.05, 4.69) is 6.92 Å². The van der Waals surface area contributed by atoms with Crippen LogP contribution in [0.5, 0.6) is 0 Å². The Morgan fingerprint density at radius 3 is 1.85 bits per heavy atom. The maximum atomic E-state index is 15.0. The Hall–Kier alpha value is -3.72. The van der Waals surface area contributed by atoms with E-state index >= 15 is 0 Å². The number of halogens is 8. The average Bonchev–Trinajstić information content (AvgIpc) is 3.01. The molecule has 4 aromatic rings. The van der Waals surface area contributed by atoms with Crippen molar-refractivity contribution in [3.8, 4) is 22.3 Å². The number of rotatable bonds is 10. The molecule has 1 aliphatic carbocycles. The van der Waals surface area contributed by atoms with E-state index in [1.807, 2.05) is 24.3 Å². The molecule has 244 valence electrons. The first-order chi connectivity index (χ1) is 21.9. The number of aryl methyl sites for hydroxylation is 1. The third kappa shape index (κ3) is 7.80. The van der Waals surface area contributed by atoms with Gasteiger partial charge in [0.05, 0.1) is 17.2 Å². The predicted octanol–water partition coefficient (Wildman–Crippen LogP) is 12.0. The Labute approximate surface area is 263 Å². The van der Waals surface area contributed by atoms with Crippen LogP contribution in [0.3, 0.4) is 0 Å². The molecule has 0 saturated heterocycles. The van der Waals surface area contributed by atoms with Gasteiger partial charge in [0.2, 0.25) is 0 Å². The van der Waals surface area contributed by atoms with Crippen molar-refractivity contribution in [2.75, 3.05) is 0 Å². The van der Waals surface area contributed by atoms with E-state index in [4.69, 9.17) is 4.74 Å². The van der Waals surface area contributed by atoms with E-state index in [0.29, 0.717) is 60.9 Å². The van der Waals surface area contributed by atoms with Crippen LogP contribution in [0.4, 0.5) is 35.1 Å². The molecule has 9 heteroatoms. The molecule has 0 N–H and O–H groups in total. The summed E-state index contributed by atoms with van der Waals surface area (Å²) in [5, 5.41) is 0. The molecule has 0 bridgehead atoms. The number of ether oxygens (including phenoxy) is 1. The van der Waals surface area contributed by atoms with Gasteiger partial charge in [0.25, 0.3) is 0 Å². The molecule has 0 aliphatic heterocycles. The highest BCUT2D eigenvalue weighted by Crippen LogP contribution is 2.41. The summed E-state index contributed by atoms with van der Waals surface area (Å²) in [5.74, 6) is -3.04. The molecule has 0 atom stereocenters. The lowest BCUT2D eigenvalue weighted by atomic mass is 9.82. The van der Waals surface area contributed by atoms with Crippen LogP contribution in [-0.2, 0) is 23.4 Å². The van der Waals surface area contributed by atoms with Crippen molar-refractivity contribution in [2.24, 2.45) is 0 Å². The highest BCUT2D eigenvalue weighted by molar-refractivity contribution is 5.71. The van der Waals surface area contributed by atoms with Gasteiger partial charge in [-0.3, -0.25) is 0 Å². The monoisotopic (exact) mass is 646 g/mol. The molecule has 0 aromatic heterocycles. The second-order valence-electron chi connectivity index (χ2n) is 11.9. The Balaban J connectivity index is 1.18. The fraction of sp³-hybridized carbons (Fsp3) is 0.351.